The molecule has 0 N–H and O–H groups in total. The van der Waals surface area contributed by atoms with E-state index in [2.05, 4.69) is 27.4 Å². The Morgan fingerprint density at radius 1 is 1.33 bits per heavy atom. The van der Waals surface area contributed by atoms with Gasteiger partial charge in [0, 0.05) is 24.6 Å². The number of aryl methyl sites for hydroxylation is 3. The van der Waals surface area contributed by atoms with Gasteiger partial charge in [-0.2, -0.15) is 0 Å². The van der Waals surface area contributed by atoms with Crippen LogP contribution < -0.4 is 0 Å². The monoisotopic (exact) mass is 202 g/mol. The average Bonchev–Trinajstić information content (AvgIpc) is 2.74. The highest BCUT2D eigenvalue weighted by molar-refractivity contribution is 5.12. The van der Waals surface area contributed by atoms with Gasteiger partial charge in [-0.25, -0.2) is 0 Å². The van der Waals surface area contributed by atoms with Crippen LogP contribution in [0.2, 0.25) is 0 Å². The zero-order chi connectivity index (χ0) is 10.5. The second kappa shape index (κ2) is 4.68. The maximum atomic E-state index is 4.35. The number of nitrogens with zero attached hydrogens (tertiary/aromatic N) is 4. The number of hydrogen-bond acceptors (Lipinski definition) is 3. The smallest absolute Gasteiger partial charge is 0.0692 e. The van der Waals surface area contributed by atoms with Gasteiger partial charge in [0.15, 0.2) is 0 Å². The van der Waals surface area contributed by atoms with Crippen LogP contribution in [-0.4, -0.2) is 20.0 Å². The molecule has 0 saturated carbocycles. The highest BCUT2D eigenvalue weighted by Gasteiger charge is 1.96. The first kappa shape index (κ1) is 9.83. The van der Waals surface area contributed by atoms with Gasteiger partial charge in [0.2, 0.25) is 0 Å². The zero-order valence-corrected chi connectivity index (χ0v) is 8.80. The molecule has 4 nitrogen and oxygen atoms in total. The normalized spacial score (nSPS) is 10.5. The molecule has 0 aromatic carbocycles. The van der Waals surface area contributed by atoms with Gasteiger partial charge >= 0.3 is 0 Å². The lowest BCUT2D eigenvalue weighted by atomic mass is 10.2. The molecule has 0 amide bonds. The summed E-state index contributed by atoms with van der Waals surface area (Å²) in [5, 5.41) is 7.66. The van der Waals surface area contributed by atoms with Gasteiger partial charge < -0.3 is 0 Å². The van der Waals surface area contributed by atoms with Crippen molar-refractivity contribution in [3.8, 4) is 0 Å². The van der Waals surface area contributed by atoms with Crippen molar-refractivity contribution in [1.82, 2.24) is 20.0 Å². The van der Waals surface area contributed by atoms with Crippen molar-refractivity contribution in [3.63, 3.8) is 0 Å². The summed E-state index contributed by atoms with van der Waals surface area (Å²) in [6.07, 6.45) is 7.51. The van der Waals surface area contributed by atoms with Gasteiger partial charge in [-0.15, -0.1) is 5.10 Å². The highest BCUT2D eigenvalue weighted by atomic mass is 15.4. The van der Waals surface area contributed by atoms with Crippen molar-refractivity contribution >= 4 is 0 Å². The first-order chi connectivity index (χ1) is 7.34. The minimum absolute atomic E-state index is 0.898. The summed E-state index contributed by atoms with van der Waals surface area (Å²) in [6, 6.07) is 4.18. The van der Waals surface area contributed by atoms with E-state index in [1.54, 1.807) is 6.20 Å². The van der Waals surface area contributed by atoms with Gasteiger partial charge in [-0.1, -0.05) is 11.3 Å². The highest BCUT2D eigenvalue weighted by Crippen LogP contribution is 2.02. The second-order valence-corrected chi connectivity index (χ2v) is 3.60. The van der Waals surface area contributed by atoms with Crippen molar-refractivity contribution < 1.29 is 0 Å². The first-order valence-corrected chi connectivity index (χ1v) is 5.10. The van der Waals surface area contributed by atoms with E-state index in [4.69, 9.17) is 0 Å². The van der Waals surface area contributed by atoms with Crippen LogP contribution in [0.4, 0.5) is 0 Å². The zero-order valence-electron chi connectivity index (χ0n) is 8.80. The van der Waals surface area contributed by atoms with Gasteiger partial charge in [0.1, 0.15) is 0 Å². The predicted octanol–water partition coefficient (Wildman–Crippen LogP) is 1.61. The quantitative estimate of drug-likeness (QED) is 0.756. The van der Waals surface area contributed by atoms with E-state index in [1.807, 2.05) is 24.0 Å². The third-order valence-electron chi connectivity index (χ3n) is 2.26. The Bertz CT molecular complexity index is 391. The molecular formula is C11H14N4. The van der Waals surface area contributed by atoms with Gasteiger partial charge in [0.05, 0.1) is 6.20 Å². The number of aromatic nitrogens is 4. The van der Waals surface area contributed by atoms with Crippen molar-refractivity contribution in [2.45, 2.75) is 26.3 Å². The number of rotatable bonds is 4. The molecule has 0 spiro atoms. The minimum Gasteiger partial charge on any atom is -0.261 e. The Morgan fingerprint density at radius 2 is 2.27 bits per heavy atom. The van der Waals surface area contributed by atoms with Crippen LogP contribution in [0.15, 0.2) is 30.7 Å². The molecule has 0 aliphatic rings. The second-order valence-electron chi connectivity index (χ2n) is 3.60. The Balaban J connectivity index is 1.81. The molecule has 0 aliphatic carbocycles. The topological polar surface area (TPSA) is 43.6 Å². The summed E-state index contributed by atoms with van der Waals surface area (Å²) in [5.41, 5.74) is 2.34. The first-order valence-electron chi connectivity index (χ1n) is 5.10. The molecule has 15 heavy (non-hydrogen) atoms. The average molecular weight is 202 g/mol. The SMILES string of the molecule is Cc1ccc(CCCn2ccnn2)nc1. The summed E-state index contributed by atoms with van der Waals surface area (Å²) >= 11 is 0. The number of hydrogen-bond donors (Lipinski definition) is 0. The lowest BCUT2D eigenvalue weighted by Crippen LogP contribution is -2.01. The van der Waals surface area contributed by atoms with Crippen LogP contribution in [0.25, 0.3) is 0 Å². The van der Waals surface area contributed by atoms with Crippen LogP contribution in [0.1, 0.15) is 17.7 Å². The maximum absolute atomic E-state index is 4.35. The van der Waals surface area contributed by atoms with Crippen molar-refractivity contribution in [3.05, 3.63) is 42.0 Å². The molecule has 0 unspecified atom stereocenters. The number of pyridine rings is 1. The van der Waals surface area contributed by atoms with Crippen molar-refractivity contribution in [1.29, 1.82) is 0 Å². The maximum Gasteiger partial charge on any atom is 0.0692 e. The molecule has 0 radical (unpaired) electrons. The van der Waals surface area contributed by atoms with Crippen molar-refractivity contribution in [2.75, 3.05) is 0 Å². The molecule has 2 heterocycles. The van der Waals surface area contributed by atoms with Crippen LogP contribution in [-0.2, 0) is 13.0 Å². The summed E-state index contributed by atoms with van der Waals surface area (Å²) < 4.78 is 1.84. The van der Waals surface area contributed by atoms with Crippen LogP contribution >= 0.6 is 0 Å². The molecule has 0 saturated heterocycles. The Hall–Kier alpha value is -1.71. The summed E-state index contributed by atoms with van der Waals surface area (Å²) in [5.74, 6) is 0. The molecule has 2 aromatic rings. The van der Waals surface area contributed by atoms with E-state index in [0.29, 0.717) is 0 Å². The predicted molar refractivity (Wildman–Crippen MR) is 57.3 cm³/mol. The lowest BCUT2D eigenvalue weighted by Gasteiger charge is -2.01. The van der Waals surface area contributed by atoms with Crippen molar-refractivity contribution in [2.24, 2.45) is 0 Å². The van der Waals surface area contributed by atoms with E-state index in [1.165, 1.54) is 5.56 Å². The van der Waals surface area contributed by atoms with Crippen LogP contribution in [0, 0.1) is 6.92 Å². The third kappa shape index (κ3) is 2.87. The lowest BCUT2D eigenvalue weighted by molar-refractivity contribution is 0.556. The Kier molecular flexibility index (Phi) is 3.07. The summed E-state index contributed by atoms with van der Waals surface area (Å²) in [7, 11) is 0. The van der Waals surface area contributed by atoms with E-state index >= 15 is 0 Å². The molecular weight excluding hydrogens is 188 g/mol. The van der Waals surface area contributed by atoms with Gasteiger partial charge in [0.25, 0.3) is 0 Å². The molecule has 0 bridgehead atoms. The van der Waals surface area contributed by atoms with Gasteiger partial charge in [-0.3, -0.25) is 9.67 Å². The van der Waals surface area contributed by atoms with E-state index in [0.717, 1.165) is 25.1 Å². The van der Waals surface area contributed by atoms with Crippen LogP contribution in [0.5, 0.6) is 0 Å². The van der Waals surface area contributed by atoms with E-state index in [-0.39, 0.29) is 0 Å². The summed E-state index contributed by atoms with van der Waals surface area (Å²) in [4.78, 5) is 4.35. The largest absolute Gasteiger partial charge is 0.261 e. The minimum atomic E-state index is 0.898. The third-order valence-corrected chi connectivity index (χ3v) is 2.26. The fourth-order valence-corrected chi connectivity index (χ4v) is 1.42. The standard InChI is InChI=1S/C11H14N4/c1-10-4-5-11(12-9-10)3-2-7-15-8-6-13-14-15/h4-6,8-9H,2-3,7H2,1H3. The fraction of sp³-hybridized carbons (Fsp3) is 0.364. The molecule has 2 rings (SSSR count). The molecule has 0 atom stereocenters. The van der Waals surface area contributed by atoms with E-state index < -0.39 is 0 Å². The molecule has 4 heteroatoms. The fourth-order valence-electron chi connectivity index (χ4n) is 1.42. The molecule has 0 fully saturated rings. The van der Waals surface area contributed by atoms with E-state index in [9.17, 15) is 0 Å². The molecule has 0 aliphatic heterocycles. The molecule has 2 aromatic heterocycles. The Morgan fingerprint density at radius 3 is 2.93 bits per heavy atom. The summed E-state index contributed by atoms with van der Waals surface area (Å²) in [6.45, 7) is 2.95. The van der Waals surface area contributed by atoms with Crippen LogP contribution in [0.3, 0.4) is 0 Å². The Labute approximate surface area is 89.0 Å². The van der Waals surface area contributed by atoms with Gasteiger partial charge in [-0.05, 0) is 31.4 Å². The molecule has 78 valence electrons.